The van der Waals surface area contributed by atoms with Crippen LogP contribution in [0.4, 0.5) is 0 Å². The quantitative estimate of drug-likeness (QED) is 0.229. The average molecular weight is 236 g/mol. The summed E-state index contributed by atoms with van der Waals surface area (Å²) in [4.78, 5) is 4.36. The monoisotopic (exact) mass is 236 g/mol. The summed E-state index contributed by atoms with van der Waals surface area (Å²) in [5.74, 6) is 5.95. The number of nitrogens with zero attached hydrogens (tertiary/aromatic N) is 1. The number of hydrogen-bond donors (Lipinski definition) is 3. The molecule has 0 aliphatic carbocycles. The molecule has 5 heteroatoms. The van der Waals surface area contributed by atoms with Gasteiger partial charge in [-0.2, -0.15) is 0 Å². The van der Waals surface area contributed by atoms with Crippen molar-refractivity contribution in [2.75, 3.05) is 20.3 Å². The normalized spacial score (nSPS) is 11.4. The molecule has 0 radical (unpaired) electrons. The van der Waals surface area contributed by atoms with Crippen LogP contribution in [0.5, 0.6) is 0 Å². The molecule has 94 valence electrons. The van der Waals surface area contributed by atoms with Crippen molar-refractivity contribution in [3.8, 4) is 0 Å². The molecule has 0 heterocycles. The molecule has 0 amide bonds. The van der Waals surface area contributed by atoms with Crippen LogP contribution in [0.2, 0.25) is 0 Å². The SMILES string of the molecule is COCCNC(=NCc1ccccc1C)NN. The zero-order valence-electron chi connectivity index (χ0n) is 10.4. The molecule has 0 saturated heterocycles. The third-order valence-electron chi connectivity index (χ3n) is 2.40. The molecule has 0 bridgehead atoms. The second kappa shape index (κ2) is 7.65. The lowest BCUT2D eigenvalue weighted by atomic mass is 10.1. The molecule has 0 fully saturated rings. The Morgan fingerprint density at radius 1 is 1.41 bits per heavy atom. The molecule has 0 spiro atoms. The van der Waals surface area contributed by atoms with Gasteiger partial charge in [0.15, 0.2) is 0 Å². The summed E-state index contributed by atoms with van der Waals surface area (Å²) in [5.41, 5.74) is 4.95. The number of guanidine groups is 1. The van der Waals surface area contributed by atoms with Crippen LogP contribution in [0.3, 0.4) is 0 Å². The third-order valence-corrected chi connectivity index (χ3v) is 2.40. The van der Waals surface area contributed by atoms with Gasteiger partial charge in [-0.1, -0.05) is 24.3 Å². The molecule has 0 aliphatic rings. The van der Waals surface area contributed by atoms with Gasteiger partial charge in [-0.15, -0.1) is 0 Å². The van der Waals surface area contributed by atoms with Gasteiger partial charge in [0.1, 0.15) is 0 Å². The molecular weight excluding hydrogens is 216 g/mol. The molecule has 4 N–H and O–H groups in total. The van der Waals surface area contributed by atoms with Gasteiger partial charge < -0.3 is 10.1 Å². The second-order valence-electron chi connectivity index (χ2n) is 3.66. The Bertz CT molecular complexity index is 365. The maximum absolute atomic E-state index is 5.37. The van der Waals surface area contributed by atoms with Crippen LogP contribution < -0.4 is 16.6 Å². The first kappa shape index (κ1) is 13.5. The topological polar surface area (TPSA) is 71.7 Å². The van der Waals surface area contributed by atoms with Gasteiger partial charge >= 0.3 is 0 Å². The summed E-state index contributed by atoms with van der Waals surface area (Å²) >= 11 is 0. The number of aryl methyl sites for hydroxylation is 1. The number of rotatable bonds is 5. The Labute approximate surface area is 102 Å². The molecule has 1 aromatic carbocycles. The predicted molar refractivity (Wildman–Crippen MR) is 69.5 cm³/mol. The van der Waals surface area contributed by atoms with E-state index in [-0.39, 0.29) is 0 Å². The van der Waals surface area contributed by atoms with Crippen molar-refractivity contribution in [1.29, 1.82) is 0 Å². The second-order valence-corrected chi connectivity index (χ2v) is 3.66. The van der Waals surface area contributed by atoms with E-state index in [1.54, 1.807) is 7.11 Å². The smallest absolute Gasteiger partial charge is 0.206 e. The number of nitrogens with one attached hydrogen (secondary N) is 2. The highest BCUT2D eigenvalue weighted by atomic mass is 16.5. The summed E-state index contributed by atoms with van der Waals surface area (Å²) < 4.78 is 4.93. The first-order chi connectivity index (χ1) is 8.27. The fraction of sp³-hybridized carbons (Fsp3) is 0.417. The number of nitrogens with two attached hydrogens (primary N) is 1. The number of methoxy groups -OCH3 is 1. The van der Waals surface area contributed by atoms with Gasteiger partial charge in [-0.3, -0.25) is 5.43 Å². The van der Waals surface area contributed by atoms with Crippen molar-refractivity contribution >= 4 is 5.96 Å². The van der Waals surface area contributed by atoms with Crippen LogP contribution in [0, 0.1) is 6.92 Å². The van der Waals surface area contributed by atoms with Crippen LogP contribution in [0.1, 0.15) is 11.1 Å². The van der Waals surface area contributed by atoms with Crippen molar-refractivity contribution in [3.05, 3.63) is 35.4 Å². The van der Waals surface area contributed by atoms with Crippen molar-refractivity contribution in [1.82, 2.24) is 10.7 Å². The number of ether oxygens (including phenoxy) is 1. The molecular formula is C12H20N4O. The van der Waals surface area contributed by atoms with E-state index in [2.05, 4.69) is 34.8 Å². The van der Waals surface area contributed by atoms with Crippen LogP contribution in [-0.4, -0.2) is 26.2 Å². The molecule has 17 heavy (non-hydrogen) atoms. The highest BCUT2D eigenvalue weighted by Gasteiger charge is 1.97. The maximum Gasteiger partial charge on any atom is 0.206 e. The third kappa shape index (κ3) is 4.84. The van der Waals surface area contributed by atoms with Gasteiger partial charge in [0.05, 0.1) is 13.2 Å². The Balaban J connectivity index is 2.52. The molecule has 0 atom stereocenters. The lowest BCUT2D eigenvalue weighted by Gasteiger charge is -2.09. The Hall–Kier alpha value is -1.59. The summed E-state index contributed by atoms with van der Waals surface area (Å²) in [5, 5.41) is 3.05. The summed E-state index contributed by atoms with van der Waals surface area (Å²) in [7, 11) is 1.65. The molecule has 1 rings (SSSR count). The highest BCUT2D eigenvalue weighted by Crippen LogP contribution is 2.07. The Morgan fingerprint density at radius 2 is 2.18 bits per heavy atom. The van der Waals surface area contributed by atoms with Gasteiger partial charge in [-0.05, 0) is 18.1 Å². The van der Waals surface area contributed by atoms with E-state index in [9.17, 15) is 0 Å². The Morgan fingerprint density at radius 3 is 2.82 bits per heavy atom. The van der Waals surface area contributed by atoms with Crippen LogP contribution >= 0.6 is 0 Å². The van der Waals surface area contributed by atoms with E-state index in [1.807, 2.05) is 12.1 Å². The number of hydrogen-bond acceptors (Lipinski definition) is 3. The van der Waals surface area contributed by atoms with Crippen molar-refractivity contribution in [2.24, 2.45) is 10.8 Å². The molecule has 0 unspecified atom stereocenters. The minimum Gasteiger partial charge on any atom is -0.383 e. The first-order valence-corrected chi connectivity index (χ1v) is 5.56. The standard InChI is InChI=1S/C12H20N4O/c1-10-5-3-4-6-11(10)9-15-12(16-13)14-7-8-17-2/h3-6H,7-9,13H2,1-2H3,(H2,14,15,16). The van der Waals surface area contributed by atoms with E-state index in [0.29, 0.717) is 25.7 Å². The molecule has 0 aliphatic heterocycles. The fourth-order valence-electron chi connectivity index (χ4n) is 1.38. The van der Waals surface area contributed by atoms with Crippen molar-refractivity contribution in [3.63, 3.8) is 0 Å². The van der Waals surface area contributed by atoms with Crippen LogP contribution in [0.25, 0.3) is 0 Å². The lowest BCUT2D eigenvalue weighted by molar-refractivity contribution is 0.203. The minimum atomic E-state index is 0.574. The van der Waals surface area contributed by atoms with E-state index in [1.165, 1.54) is 11.1 Å². The van der Waals surface area contributed by atoms with E-state index >= 15 is 0 Å². The summed E-state index contributed by atoms with van der Waals surface area (Å²) in [6, 6.07) is 8.15. The van der Waals surface area contributed by atoms with Gasteiger partial charge in [0.25, 0.3) is 0 Å². The van der Waals surface area contributed by atoms with Gasteiger partial charge in [0.2, 0.25) is 5.96 Å². The number of benzene rings is 1. The summed E-state index contributed by atoms with van der Waals surface area (Å²) in [6.07, 6.45) is 0. The molecule has 1 aromatic rings. The molecule has 0 saturated carbocycles. The largest absolute Gasteiger partial charge is 0.383 e. The minimum absolute atomic E-state index is 0.574. The van der Waals surface area contributed by atoms with E-state index < -0.39 is 0 Å². The first-order valence-electron chi connectivity index (χ1n) is 5.56. The zero-order valence-corrected chi connectivity index (χ0v) is 10.4. The number of hydrazine groups is 1. The fourth-order valence-corrected chi connectivity index (χ4v) is 1.38. The average Bonchev–Trinajstić information content (AvgIpc) is 2.35. The maximum atomic E-state index is 5.37. The molecule has 5 nitrogen and oxygen atoms in total. The van der Waals surface area contributed by atoms with Gasteiger partial charge in [-0.25, -0.2) is 10.8 Å². The predicted octanol–water partition coefficient (Wildman–Crippen LogP) is 0.550. The lowest BCUT2D eigenvalue weighted by Crippen LogP contribution is -2.42. The summed E-state index contributed by atoms with van der Waals surface area (Å²) in [6.45, 7) is 3.96. The van der Waals surface area contributed by atoms with Gasteiger partial charge in [0, 0.05) is 13.7 Å². The Kier molecular flexibility index (Phi) is 6.06. The zero-order chi connectivity index (χ0) is 12.5. The van der Waals surface area contributed by atoms with Crippen molar-refractivity contribution < 1.29 is 4.74 Å². The number of aliphatic imine (C=N–C) groups is 1. The van der Waals surface area contributed by atoms with E-state index in [4.69, 9.17) is 10.6 Å². The molecule has 0 aromatic heterocycles. The van der Waals surface area contributed by atoms with Crippen molar-refractivity contribution in [2.45, 2.75) is 13.5 Å². The van der Waals surface area contributed by atoms with Crippen LogP contribution in [-0.2, 0) is 11.3 Å². The highest BCUT2D eigenvalue weighted by molar-refractivity contribution is 5.79. The van der Waals surface area contributed by atoms with E-state index in [0.717, 1.165) is 0 Å². The van der Waals surface area contributed by atoms with Crippen LogP contribution in [0.15, 0.2) is 29.3 Å².